The molecule has 0 heterocycles. The molecule has 1 fully saturated rings. The van der Waals surface area contributed by atoms with Crippen LogP contribution < -0.4 is 5.32 Å². The number of benzene rings is 1. The molecule has 4 nitrogen and oxygen atoms in total. The number of rotatable bonds is 5. The number of esters is 1. The molecule has 1 aliphatic rings. The Bertz CT molecular complexity index is 614. The van der Waals surface area contributed by atoms with Crippen LogP contribution in [-0.2, 0) is 14.3 Å². The van der Waals surface area contributed by atoms with Crippen molar-refractivity contribution in [3.05, 3.63) is 40.9 Å². The molecule has 0 aromatic heterocycles. The summed E-state index contributed by atoms with van der Waals surface area (Å²) in [6.45, 7) is 3.73. The maximum Gasteiger partial charge on any atom is 0.331 e. The summed E-state index contributed by atoms with van der Waals surface area (Å²) in [6.07, 6.45) is 6.50. The molecule has 2 rings (SSSR count). The molecule has 1 aromatic rings. The third kappa shape index (κ3) is 5.38. The first-order chi connectivity index (χ1) is 11.5. The lowest BCUT2D eigenvalue weighted by Gasteiger charge is -2.30. The van der Waals surface area contributed by atoms with E-state index in [-0.39, 0.29) is 11.9 Å². The molecule has 3 atom stereocenters. The normalized spacial score (nSPS) is 22.1. The van der Waals surface area contributed by atoms with Crippen molar-refractivity contribution in [1.29, 1.82) is 0 Å². The average molecular weight is 350 g/mol. The fraction of sp³-hybridized carbons (Fsp3) is 0.474. The van der Waals surface area contributed by atoms with Crippen molar-refractivity contribution in [3.63, 3.8) is 0 Å². The van der Waals surface area contributed by atoms with Gasteiger partial charge in [0.15, 0.2) is 6.10 Å². The Morgan fingerprint density at radius 1 is 1.29 bits per heavy atom. The van der Waals surface area contributed by atoms with Crippen LogP contribution in [0.15, 0.2) is 30.3 Å². The number of amides is 1. The number of carbonyl (C=O) groups excluding carboxylic acids is 2. The second kappa shape index (κ2) is 8.88. The standard InChI is InChI=1S/C19H24ClNO3/c1-13-7-3-6-10-17(13)21-19(23)14(2)24-18(22)12-11-15-8-4-5-9-16(15)20/h4-5,8-9,11-14,17H,3,6-7,10H2,1-2H3,(H,21,23)/b12-11+/t13-,14-,17-/m0/s1. The van der Waals surface area contributed by atoms with Gasteiger partial charge >= 0.3 is 5.97 Å². The van der Waals surface area contributed by atoms with E-state index in [2.05, 4.69) is 12.2 Å². The summed E-state index contributed by atoms with van der Waals surface area (Å²) in [5, 5.41) is 3.55. The maximum absolute atomic E-state index is 12.2. The fourth-order valence-corrected chi connectivity index (χ4v) is 3.06. The molecule has 0 bridgehead atoms. The van der Waals surface area contributed by atoms with Crippen molar-refractivity contribution >= 4 is 29.6 Å². The van der Waals surface area contributed by atoms with Crippen molar-refractivity contribution < 1.29 is 14.3 Å². The van der Waals surface area contributed by atoms with Crippen LogP contribution in [-0.4, -0.2) is 24.0 Å². The lowest BCUT2D eigenvalue weighted by molar-refractivity contribution is -0.150. The van der Waals surface area contributed by atoms with Crippen LogP contribution in [0.4, 0.5) is 0 Å². The lowest BCUT2D eigenvalue weighted by atomic mass is 9.86. The molecule has 0 radical (unpaired) electrons. The van der Waals surface area contributed by atoms with Crippen molar-refractivity contribution in [2.75, 3.05) is 0 Å². The molecule has 1 N–H and O–H groups in total. The van der Waals surface area contributed by atoms with Crippen LogP contribution in [0.5, 0.6) is 0 Å². The van der Waals surface area contributed by atoms with Crippen LogP contribution in [0, 0.1) is 5.92 Å². The molecular formula is C19H24ClNO3. The molecule has 0 spiro atoms. The molecule has 1 saturated carbocycles. The van der Waals surface area contributed by atoms with E-state index >= 15 is 0 Å². The summed E-state index contributed by atoms with van der Waals surface area (Å²) < 4.78 is 5.17. The molecular weight excluding hydrogens is 326 g/mol. The van der Waals surface area contributed by atoms with E-state index in [0.29, 0.717) is 10.9 Å². The van der Waals surface area contributed by atoms with Crippen molar-refractivity contribution in [3.8, 4) is 0 Å². The Balaban J connectivity index is 1.84. The highest BCUT2D eigenvalue weighted by Crippen LogP contribution is 2.23. The summed E-state index contributed by atoms with van der Waals surface area (Å²) in [7, 11) is 0. The fourth-order valence-electron chi connectivity index (χ4n) is 2.87. The largest absolute Gasteiger partial charge is 0.449 e. The van der Waals surface area contributed by atoms with E-state index in [9.17, 15) is 9.59 Å². The number of nitrogens with one attached hydrogen (secondary N) is 1. The van der Waals surface area contributed by atoms with Crippen LogP contribution >= 0.6 is 11.6 Å². The monoisotopic (exact) mass is 349 g/mol. The molecule has 0 unspecified atom stereocenters. The van der Waals surface area contributed by atoms with Gasteiger partial charge in [0.2, 0.25) is 0 Å². The van der Waals surface area contributed by atoms with Gasteiger partial charge in [-0.2, -0.15) is 0 Å². The van der Waals surface area contributed by atoms with Gasteiger partial charge < -0.3 is 10.1 Å². The number of hydrogen-bond acceptors (Lipinski definition) is 3. The first kappa shape index (κ1) is 18.5. The van der Waals surface area contributed by atoms with Crippen molar-refractivity contribution in [2.45, 2.75) is 51.7 Å². The maximum atomic E-state index is 12.2. The van der Waals surface area contributed by atoms with Gasteiger partial charge in [0.1, 0.15) is 0 Å². The van der Waals surface area contributed by atoms with Crippen molar-refractivity contribution in [2.24, 2.45) is 5.92 Å². The second-order valence-electron chi connectivity index (χ2n) is 6.31. The van der Waals surface area contributed by atoms with E-state index in [0.717, 1.165) is 24.8 Å². The van der Waals surface area contributed by atoms with Gasteiger partial charge in [-0.3, -0.25) is 4.79 Å². The highest BCUT2D eigenvalue weighted by Gasteiger charge is 2.25. The molecule has 1 amide bonds. The SMILES string of the molecule is C[C@H](OC(=O)/C=C/c1ccccc1Cl)C(=O)N[C@H]1CCCC[C@@H]1C. The van der Waals surface area contributed by atoms with Gasteiger partial charge in [-0.25, -0.2) is 4.79 Å². The first-order valence-electron chi connectivity index (χ1n) is 8.41. The lowest BCUT2D eigenvalue weighted by Crippen LogP contribution is -2.45. The molecule has 5 heteroatoms. The third-order valence-corrected chi connectivity index (χ3v) is 4.75. The van der Waals surface area contributed by atoms with Crippen molar-refractivity contribution in [1.82, 2.24) is 5.32 Å². The summed E-state index contributed by atoms with van der Waals surface area (Å²) in [5.74, 6) is -0.340. The Kier molecular flexibility index (Phi) is 6.85. The average Bonchev–Trinajstić information content (AvgIpc) is 2.56. The summed E-state index contributed by atoms with van der Waals surface area (Å²) in [6, 6.07) is 7.36. The predicted molar refractivity (Wildman–Crippen MR) is 95.6 cm³/mol. The predicted octanol–water partition coefficient (Wildman–Crippen LogP) is 3.98. The Morgan fingerprint density at radius 3 is 2.71 bits per heavy atom. The van der Waals surface area contributed by atoms with Gasteiger partial charge in [0, 0.05) is 17.1 Å². The quantitative estimate of drug-likeness (QED) is 0.646. The highest BCUT2D eigenvalue weighted by molar-refractivity contribution is 6.32. The number of halogens is 1. The topological polar surface area (TPSA) is 55.4 Å². The van der Waals surface area contributed by atoms with Crippen LogP contribution in [0.3, 0.4) is 0 Å². The van der Waals surface area contributed by atoms with Gasteiger partial charge in [0.05, 0.1) is 0 Å². The van der Waals surface area contributed by atoms with E-state index in [1.54, 1.807) is 25.1 Å². The van der Waals surface area contributed by atoms with Gasteiger partial charge in [-0.15, -0.1) is 0 Å². The Hall–Kier alpha value is -1.81. The van der Waals surface area contributed by atoms with E-state index in [1.165, 1.54) is 12.5 Å². The second-order valence-corrected chi connectivity index (χ2v) is 6.72. The zero-order valence-electron chi connectivity index (χ0n) is 14.1. The van der Waals surface area contributed by atoms with Crippen LogP contribution in [0.1, 0.15) is 45.1 Å². The van der Waals surface area contributed by atoms with E-state index in [1.807, 2.05) is 12.1 Å². The molecule has 130 valence electrons. The van der Waals surface area contributed by atoms with Crippen LogP contribution in [0.25, 0.3) is 6.08 Å². The van der Waals surface area contributed by atoms with E-state index < -0.39 is 12.1 Å². The Labute approximate surface area is 148 Å². The smallest absolute Gasteiger partial charge is 0.331 e. The van der Waals surface area contributed by atoms with E-state index in [4.69, 9.17) is 16.3 Å². The minimum atomic E-state index is -0.817. The molecule has 0 saturated heterocycles. The molecule has 0 aliphatic heterocycles. The molecule has 1 aliphatic carbocycles. The number of hydrogen-bond donors (Lipinski definition) is 1. The third-order valence-electron chi connectivity index (χ3n) is 4.41. The number of ether oxygens (including phenoxy) is 1. The molecule has 1 aromatic carbocycles. The zero-order valence-corrected chi connectivity index (χ0v) is 14.9. The van der Waals surface area contributed by atoms with Crippen LogP contribution in [0.2, 0.25) is 5.02 Å². The minimum Gasteiger partial charge on any atom is -0.449 e. The highest BCUT2D eigenvalue weighted by atomic mass is 35.5. The van der Waals surface area contributed by atoms with Gasteiger partial charge in [-0.05, 0) is 43.4 Å². The summed E-state index contributed by atoms with van der Waals surface area (Å²) in [5.41, 5.74) is 0.726. The summed E-state index contributed by atoms with van der Waals surface area (Å²) >= 11 is 6.02. The molecule has 24 heavy (non-hydrogen) atoms. The Morgan fingerprint density at radius 2 is 2.00 bits per heavy atom. The zero-order chi connectivity index (χ0) is 17.5. The first-order valence-corrected chi connectivity index (χ1v) is 8.78. The van der Waals surface area contributed by atoms with Gasteiger partial charge in [-0.1, -0.05) is 49.6 Å². The van der Waals surface area contributed by atoms with Gasteiger partial charge in [0.25, 0.3) is 5.91 Å². The summed E-state index contributed by atoms with van der Waals surface area (Å²) in [4.78, 5) is 24.1. The number of carbonyl (C=O) groups is 2. The minimum absolute atomic E-state index is 0.172.